The van der Waals surface area contributed by atoms with Crippen LogP contribution in [0.15, 0.2) is 18.2 Å². The van der Waals surface area contributed by atoms with Crippen LogP contribution in [0.25, 0.3) is 0 Å². The molecule has 0 aromatic heterocycles. The fourth-order valence-electron chi connectivity index (χ4n) is 1.25. The average molecular weight is 219 g/mol. The lowest BCUT2D eigenvalue weighted by Crippen LogP contribution is -2.11. The molecule has 0 aliphatic heterocycles. The molecule has 0 unspecified atom stereocenters. The van der Waals surface area contributed by atoms with Crippen molar-refractivity contribution in [3.8, 4) is 5.75 Å². The number of nitrogens with two attached hydrogens (primary N) is 1. The van der Waals surface area contributed by atoms with Crippen molar-refractivity contribution < 1.29 is 18.3 Å². The van der Waals surface area contributed by atoms with Gasteiger partial charge >= 0.3 is 6.18 Å². The van der Waals surface area contributed by atoms with Crippen molar-refractivity contribution in [3.63, 3.8) is 0 Å². The molecule has 1 rings (SSSR count). The average Bonchev–Trinajstić information content (AvgIpc) is 2.14. The van der Waals surface area contributed by atoms with Gasteiger partial charge in [-0.2, -0.15) is 13.2 Å². The third kappa shape index (κ3) is 2.86. The number of alkyl halides is 3. The maximum absolute atomic E-state index is 12.4. The molecule has 0 aliphatic rings. The monoisotopic (exact) mass is 219 g/mol. The van der Waals surface area contributed by atoms with Gasteiger partial charge in [0.05, 0.1) is 5.56 Å². The van der Waals surface area contributed by atoms with E-state index in [1.54, 1.807) is 6.92 Å². The molecular weight excluding hydrogens is 207 g/mol. The van der Waals surface area contributed by atoms with Gasteiger partial charge in [-0.15, -0.1) is 0 Å². The zero-order valence-corrected chi connectivity index (χ0v) is 8.17. The summed E-state index contributed by atoms with van der Waals surface area (Å²) in [5.41, 5.74) is 5.02. The molecule has 0 radical (unpaired) electrons. The summed E-state index contributed by atoms with van der Waals surface area (Å²) in [6.45, 7) is 1.77. The van der Waals surface area contributed by atoms with Gasteiger partial charge in [0.15, 0.2) is 0 Å². The van der Waals surface area contributed by atoms with E-state index in [1.807, 2.05) is 0 Å². The van der Waals surface area contributed by atoms with Gasteiger partial charge in [-0.1, -0.05) is 6.92 Å². The van der Waals surface area contributed by atoms with Crippen LogP contribution < -0.4 is 5.73 Å². The third-order valence-corrected chi connectivity index (χ3v) is 2.14. The van der Waals surface area contributed by atoms with Gasteiger partial charge in [-0.05, 0) is 30.2 Å². The Morgan fingerprint density at radius 3 is 2.40 bits per heavy atom. The fourth-order valence-corrected chi connectivity index (χ4v) is 1.25. The number of rotatable bonds is 2. The number of aromatic hydroxyl groups is 1. The molecular formula is C10H12F3NO. The first-order valence-corrected chi connectivity index (χ1v) is 4.51. The summed E-state index contributed by atoms with van der Waals surface area (Å²) < 4.78 is 37.1. The molecule has 0 aliphatic carbocycles. The molecule has 3 N–H and O–H groups in total. The number of halogens is 3. The molecule has 0 heterocycles. The second kappa shape index (κ2) is 4.10. The molecule has 0 saturated carbocycles. The van der Waals surface area contributed by atoms with Crippen LogP contribution >= 0.6 is 0 Å². The lowest BCUT2D eigenvalue weighted by Gasteiger charge is -2.13. The standard InChI is InChI=1S/C10H12F3NO/c1-2-9(14)6-3-7(10(11,12)13)5-8(15)4-6/h3-5,9,15H,2,14H2,1H3/t9-/m0/s1. The van der Waals surface area contributed by atoms with Gasteiger partial charge in [0.2, 0.25) is 0 Å². The Kier molecular flexibility index (Phi) is 3.24. The van der Waals surface area contributed by atoms with Gasteiger partial charge < -0.3 is 10.8 Å². The number of hydrogen-bond acceptors (Lipinski definition) is 2. The Morgan fingerprint density at radius 2 is 1.93 bits per heavy atom. The largest absolute Gasteiger partial charge is 0.508 e. The molecule has 5 heteroatoms. The number of phenols is 1. The molecule has 0 saturated heterocycles. The van der Waals surface area contributed by atoms with Gasteiger partial charge in [0, 0.05) is 6.04 Å². The van der Waals surface area contributed by atoms with Crippen molar-refractivity contribution in [1.29, 1.82) is 0 Å². The minimum Gasteiger partial charge on any atom is -0.508 e. The van der Waals surface area contributed by atoms with E-state index in [-0.39, 0.29) is 0 Å². The van der Waals surface area contributed by atoms with Crippen LogP contribution in [-0.2, 0) is 6.18 Å². The summed E-state index contributed by atoms with van der Waals surface area (Å²) in [7, 11) is 0. The van der Waals surface area contributed by atoms with Crippen LogP contribution in [0.1, 0.15) is 30.5 Å². The molecule has 84 valence electrons. The maximum Gasteiger partial charge on any atom is 0.416 e. The van der Waals surface area contributed by atoms with E-state index in [0.717, 1.165) is 6.07 Å². The highest BCUT2D eigenvalue weighted by molar-refractivity contribution is 5.36. The molecule has 0 spiro atoms. The van der Waals surface area contributed by atoms with Crippen molar-refractivity contribution in [2.24, 2.45) is 5.73 Å². The molecule has 0 amide bonds. The number of hydrogen-bond donors (Lipinski definition) is 2. The third-order valence-electron chi connectivity index (χ3n) is 2.14. The lowest BCUT2D eigenvalue weighted by molar-refractivity contribution is -0.137. The second-order valence-electron chi connectivity index (χ2n) is 3.33. The van der Waals surface area contributed by atoms with Crippen LogP contribution in [0, 0.1) is 0 Å². The van der Waals surface area contributed by atoms with Crippen LogP contribution in [0.4, 0.5) is 13.2 Å². The predicted octanol–water partition coefficient (Wildman–Crippen LogP) is 2.82. The Balaban J connectivity index is 3.17. The van der Waals surface area contributed by atoms with Crippen LogP contribution in [0.2, 0.25) is 0 Å². The van der Waals surface area contributed by atoms with Crippen LogP contribution in [0.3, 0.4) is 0 Å². The molecule has 1 aromatic carbocycles. The van der Waals surface area contributed by atoms with Crippen LogP contribution in [0.5, 0.6) is 5.75 Å². The zero-order valence-electron chi connectivity index (χ0n) is 8.17. The normalized spacial score (nSPS) is 13.9. The first-order valence-electron chi connectivity index (χ1n) is 4.51. The topological polar surface area (TPSA) is 46.2 Å². The molecule has 2 nitrogen and oxygen atoms in total. The van der Waals surface area contributed by atoms with E-state index in [0.29, 0.717) is 18.1 Å². The van der Waals surface area contributed by atoms with Crippen molar-refractivity contribution in [1.82, 2.24) is 0 Å². The highest BCUT2D eigenvalue weighted by atomic mass is 19.4. The van der Waals surface area contributed by atoms with Gasteiger partial charge in [-0.25, -0.2) is 0 Å². The van der Waals surface area contributed by atoms with E-state index in [9.17, 15) is 13.2 Å². The molecule has 0 fully saturated rings. The van der Waals surface area contributed by atoms with Crippen molar-refractivity contribution in [2.45, 2.75) is 25.6 Å². The van der Waals surface area contributed by atoms with Gasteiger partial charge in [0.1, 0.15) is 5.75 Å². The minimum atomic E-state index is -4.46. The SMILES string of the molecule is CC[C@H](N)c1cc(O)cc(C(F)(F)F)c1. The van der Waals surface area contributed by atoms with E-state index < -0.39 is 23.5 Å². The van der Waals surface area contributed by atoms with Gasteiger partial charge in [-0.3, -0.25) is 0 Å². The van der Waals surface area contributed by atoms with Crippen LogP contribution in [-0.4, -0.2) is 5.11 Å². The first-order chi connectivity index (χ1) is 6.84. The summed E-state index contributed by atoms with van der Waals surface area (Å²) in [5, 5.41) is 9.15. The highest BCUT2D eigenvalue weighted by Gasteiger charge is 2.31. The highest BCUT2D eigenvalue weighted by Crippen LogP contribution is 2.33. The second-order valence-corrected chi connectivity index (χ2v) is 3.33. The molecule has 1 aromatic rings. The Labute approximate surface area is 85.5 Å². The number of benzene rings is 1. The summed E-state index contributed by atoms with van der Waals surface area (Å²) in [6, 6.07) is 2.42. The Bertz CT molecular complexity index is 349. The Morgan fingerprint density at radius 1 is 1.33 bits per heavy atom. The van der Waals surface area contributed by atoms with Crippen molar-refractivity contribution in [3.05, 3.63) is 29.3 Å². The maximum atomic E-state index is 12.4. The van der Waals surface area contributed by atoms with E-state index >= 15 is 0 Å². The summed E-state index contributed by atoms with van der Waals surface area (Å²) in [5.74, 6) is -0.413. The number of phenolic OH excluding ortho intramolecular Hbond substituents is 1. The predicted molar refractivity (Wildman–Crippen MR) is 50.3 cm³/mol. The van der Waals surface area contributed by atoms with Crippen molar-refractivity contribution >= 4 is 0 Å². The molecule has 1 atom stereocenters. The molecule has 0 bridgehead atoms. The van der Waals surface area contributed by atoms with Crippen molar-refractivity contribution in [2.75, 3.05) is 0 Å². The zero-order chi connectivity index (χ0) is 11.6. The van der Waals surface area contributed by atoms with E-state index in [2.05, 4.69) is 0 Å². The fraction of sp³-hybridized carbons (Fsp3) is 0.400. The Hall–Kier alpha value is -1.23. The summed E-state index contributed by atoms with van der Waals surface area (Å²) in [4.78, 5) is 0. The molecule has 15 heavy (non-hydrogen) atoms. The lowest BCUT2D eigenvalue weighted by atomic mass is 10.0. The summed E-state index contributed by atoms with van der Waals surface area (Å²) in [6.07, 6.45) is -3.94. The first kappa shape index (κ1) is 11.8. The minimum absolute atomic E-state index is 0.296. The quantitative estimate of drug-likeness (QED) is 0.803. The smallest absolute Gasteiger partial charge is 0.416 e. The van der Waals surface area contributed by atoms with E-state index in [1.165, 1.54) is 6.07 Å². The van der Waals surface area contributed by atoms with Gasteiger partial charge in [0.25, 0.3) is 0 Å². The summed E-state index contributed by atoms with van der Waals surface area (Å²) >= 11 is 0. The van der Waals surface area contributed by atoms with E-state index in [4.69, 9.17) is 10.8 Å².